The molecule has 0 bridgehead atoms. The minimum atomic E-state index is -0.185. The van der Waals surface area contributed by atoms with Crippen LogP contribution in [0.1, 0.15) is 29.0 Å². The van der Waals surface area contributed by atoms with Gasteiger partial charge in [-0.15, -0.1) is 11.3 Å². The van der Waals surface area contributed by atoms with E-state index in [1.807, 2.05) is 43.3 Å². The van der Waals surface area contributed by atoms with Crippen LogP contribution in [0.2, 0.25) is 0 Å². The SMILES string of the molecule is COc1ccc(-c2nc(C(=O)NC(C)c3ccncc3)cs2)cc1. The molecule has 3 rings (SSSR count). The van der Waals surface area contributed by atoms with Crippen molar-refractivity contribution >= 4 is 17.2 Å². The maximum atomic E-state index is 12.4. The zero-order chi connectivity index (χ0) is 16.9. The van der Waals surface area contributed by atoms with Crippen LogP contribution in [0.5, 0.6) is 5.75 Å². The van der Waals surface area contributed by atoms with Gasteiger partial charge in [-0.1, -0.05) is 0 Å². The molecule has 0 aliphatic heterocycles. The van der Waals surface area contributed by atoms with Crippen molar-refractivity contribution in [3.05, 3.63) is 65.4 Å². The predicted molar refractivity (Wildman–Crippen MR) is 94.2 cm³/mol. The molecule has 5 nitrogen and oxygen atoms in total. The summed E-state index contributed by atoms with van der Waals surface area (Å²) < 4.78 is 5.15. The smallest absolute Gasteiger partial charge is 0.271 e. The van der Waals surface area contributed by atoms with Crippen molar-refractivity contribution in [3.63, 3.8) is 0 Å². The second kappa shape index (κ2) is 7.23. The van der Waals surface area contributed by atoms with Crippen LogP contribution in [0, 0.1) is 0 Å². The first-order chi connectivity index (χ1) is 11.7. The van der Waals surface area contributed by atoms with Crippen LogP contribution >= 0.6 is 11.3 Å². The Morgan fingerprint density at radius 3 is 2.54 bits per heavy atom. The highest BCUT2D eigenvalue weighted by atomic mass is 32.1. The van der Waals surface area contributed by atoms with Gasteiger partial charge in [0.15, 0.2) is 0 Å². The van der Waals surface area contributed by atoms with Gasteiger partial charge in [0.1, 0.15) is 16.5 Å². The van der Waals surface area contributed by atoms with Crippen LogP contribution in [-0.4, -0.2) is 23.0 Å². The van der Waals surface area contributed by atoms with Crippen molar-refractivity contribution < 1.29 is 9.53 Å². The minimum absolute atomic E-state index is 0.105. The molecular formula is C18H17N3O2S. The van der Waals surface area contributed by atoms with Crippen LogP contribution in [0.15, 0.2) is 54.2 Å². The molecule has 0 saturated heterocycles. The highest BCUT2D eigenvalue weighted by Gasteiger charge is 2.15. The Kier molecular flexibility index (Phi) is 4.86. The number of hydrogen-bond donors (Lipinski definition) is 1. The molecule has 3 aromatic rings. The van der Waals surface area contributed by atoms with Gasteiger partial charge >= 0.3 is 0 Å². The van der Waals surface area contributed by atoms with E-state index < -0.39 is 0 Å². The monoisotopic (exact) mass is 339 g/mol. The maximum absolute atomic E-state index is 12.4. The Balaban J connectivity index is 1.71. The van der Waals surface area contributed by atoms with Crippen LogP contribution in [0.4, 0.5) is 0 Å². The molecule has 1 atom stereocenters. The van der Waals surface area contributed by atoms with Gasteiger partial charge in [0.2, 0.25) is 0 Å². The first-order valence-corrected chi connectivity index (χ1v) is 8.36. The van der Waals surface area contributed by atoms with Crippen molar-refractivity contribution in [2.75, 3.05) is 7.11 Å². The van der Waals surface area contributed by atoms with E-state index in [1.54, 1.807) is 24.9 Å². The Morgan fingerprint density at radius 2 is 1.88 bits per heavy atom. The van der Waals surface area contributed by atoms with E-state index in [1.165, 1.54) is 11.3 Å². The molecule has 0 saturated carbocycles. The third-order valence-electron chi connectivity index (χ3n) is 3.63. The quantitative estimate of drug-likeness (QED) is 0.770. The Labute approximate surface area is 144 Å². The summed E-state index contributed by atoms with van der Waals surface area (Å²) in [5.74, 6) is 0.606. The number of carbonyl (C=O) groups is 1. The van der Waals surface area contributed by atoms with Crippen LogP contribution in [0.3, 0.4) is 0 Å². The number of ether oxygens (including phenoxy) is 1. The summed E-state index contributed by atoms with van der Waals surface area (Å²) in [7, 11) is 1.63. The number of carbonyl (C=O) groups excluding carboxylic acids is 1. The number of amides is 1. The number of thiazole rings is 1. The molecule has 0 radical (unpaired) electrons. The third kappa shape index (κ3) is 3.60. The Bertz CT molecular complexity index is 816. The lowest BCUT2D eigenvalue weighted by Gasteiger charge is -2.12. The maximum Gasteiger partial charge on any atom is 0.271 e. The molecular weight excluding hydrogens is 322 g/mol. The third-order valence-corrected chi connectivity index (χ3v) is 4.52. The number of rotatable bonds is 5. The number of nitrogens with one attached hydrogen (secondary N) is 1. The van der Waals surface area contributed by atoms with E-state index in [9.17, 15) is 4.79 Å². The second-order valence-electron chi connectivity index (χ2n) is 5.24. The van der Waals surface area contributed by atoms with Crippen molar-refractivity contribution in [2.45, 2.75) is 13.0 Å². The average Bonchev–Trinajstić information content (AvgIpc) is 3.13. The summed E-state index contributed by atoms with van der Waals surface area (Å²) in [4.78, 5) is 20.8. The highest BCUT2D eigenvalue weighted by molar-refractivity contribution is 7.13. The number of methoxy groups -OCH3 is 1. The van der Waals surface area contributed by atoms with Gasteiger partial charge in [-0.2, -0.15) is 0 Å². The molecule has 1 N–H and O–H groups in total. The topological polar surface area (TPSA) is 64.1 Å². The molecule has 0 aliphatic rings. The zero-order valence-electron chi connectivity index (χ0n) is 13.4. The van der Waals surface area contributed by atoms with Crippen molar-refractivity contribution in [3.8, 4) is 16.3 Å². The Hall–Kier alpha value is -2.73. The van der Waals surface area contributed by atoms with E-state index >= 15 is 0 Å². The van der Waals surface area contributed by atoms with E-state index in [4.69, 9.17) is 4.74 Å². The molecule has 0 aliphatic carbocycles. The molecule has 122 valence electrons. The fraction of sp³-hybridized carbons (Fsp3) is 0.167. The van der Waals surface area contributed by atoms with Gasteiger partial charge in [-0.3, -0.25) is 9.78 Å². The molecule has 0 spiro atoms. The molecule has 0 fully saturated rings. The summed E-state index contributed by atoms with van der Waals surface area (Å²) in [6.07, 6.45) is 3.42. The van der Waals surface area contributed by atoms with Crippen LogP contribution < -0.4 is 10.1 Å². The molecule has 2 heterocycles. The number of hydrogen-bond acceptors (Lipinski definition) is 5. The van der Waals surface area contributed by atoms with E-state index in [0.29, 0.717) is 5.69 Å². The largest absolute Gasteiger partial charge is 0.497 e. The normalized spacial score (nSPS) is 11.8. The number of aromatic nitrogens is 2. The predicted octanol–water partition coefficient (Wildman–Crippen LogP) is 3.70. The first-order valence-electron chi connectivity index (χ1n) is 7.48. The lowest BCUT2D eigenvalue weighted by Crippen LogP contribution is -2.26. The fourth-order valence-corrected chi connectivity index (χ4v) is 3.06. The van der Waals surface area contributed by atoms with Gasteiger partial charge in [-0.25, -0.2) is 4.98 Å². The van der Waals surface area contributed by atoms with Gasteiger partial charge in [0.05, 0.1) is 13.2 Å². The van der Waals surface area contributed by atoms with E-state index in [0.717, 1.165) is 21.9 Å². The zero-order valence-corrected chi connectivity index (χ0v) is 14.2. The van der Waals surface area contributed by atoms with Crippen molar-refractivity contribution in [1.29, 1.82) is 0 Å². The fourth-order valence-electron chi connectivity index (χ4n) is 2.25. The number of benzene rings is 1. The van der Waals surface area contributed by atoms with Gasteiger partial charge < -0.3 is 10.1 Å². The second-order valence-corrected chi connectivity index (χ2v) is 6.10. The summed E-state index contributed by atoms with van der Waals surface area (Å²) >= 11 is 1.44. The standard InChI is InChI=1S/C18H17N3O2S/c1-12(13-7-9-19-10-8-13)20-17(22)16-11-24-18(21-16)14-3-5-15(23-2)6-4-14/h3-12H,1-2H3,(H,20,22). The number of nitrogens with zero attached hydrogens (tertiary/aromatic N) is 2. The van der Waals surface area contributed by atoms with Crippen LogP contribution in [0.25, 0.3) is 10.6 Å². The molecule has 1 unspecified atom stereocenters. The average molecular weight is 339 g/mol. The van der Waals surface area contributed by atoms with Gasteiger partial charge in [0.25, 0.3) is 5.91 Å². The first kappa shape index (κ1) is 16.1. The Morgan fingerprint density at radius 1 is 1.17 bits per heavy atom. The summed E-state index contributed by atoms with van der Waals surface area (Å²) in [5, 5.41) is 5.53. The highest BCUT2D eigenvalue weighted by Crippen LogP contribution is 2.26. The van der Waals surface area contributed by atoms with Crippen LogP contribution in [-0.2, 0) is 0 Å². The number of pyridine rings is 1. The lowest BCUT2D eigenvalue weighted by molar-refractivity contribution is 0.0935. The van der Waals surface area contributed by atoms with Crippen molar-refractivity contribution in [1.82, 2.24) is 15.3 Å². The molecule has 6 heteroatoms. The van der Waals surface area contributed by atoms with Gasteiger partial charge in [-0.05, 0) is 48.9 Å². The van der Waals surface area contributed by atoms with Gasteiger partial charge in [0, 0.05) is 23.3 Å². The molecule has 1 amide bonds. The molecule has 1 aromatic carbocycles. The lowest BCUT2D eigenvalue weighted by atomic mass is 10.1. The minimum Gasteiger partial charge on any atom is -0.497 e. The van der Waals surface area contributed by atoms with Crippen molar-refractivity contribution in [2.24, 2.45) is 0 Å². The molecule has 24 heavy (non-hydrogen) atoms. The summed E-state index contributed by atoms with van der Waals surface area (Å²) in [5.41, 5.74) is 2.39. The van der Waals surface area contributed by atoms with E-state index in [-0.39, 0.29) is 11.9 Å². The summed E-state index contributed by atoms with van der Waals surface area (Å²) in [6.45, 7) is 1.93. The summed E-state index contributed by atoms with van der Waals surface area (Å²) in [6, 6.07) is 11.3. The van der Waals surface area contributed by atoms with E-state index in [2.05, 4.69) is 15.3 Å². The molecule has 2 aromatic heterocycles.